The smallest absolute Gasteiger partial charge is 0.273 e. The highest BCUT2D eigenvalue weighted by molar-refractivity contribution is 8.17. The lowest BCUT2D eigenvalue weighted by Gasteiger charge is -2.41. The summed E-state index contributed by atoms with van der Waals surface area (Å²) in [5.74, 6) is 0.0970. The van der Waals surface area contributed by atoms with E-state index in [1.165, 1.54) is 18.0 Å². The van der Waals surface area contributed by atoms with Crippen molar-refractivity contribution in [3.05, 3.63) is 53.7 Å². The number of rotatable bonds is 4. The zero-order valence-corrected chi connectivity index (χ0v) is 13.1. The summed E-state index contributed by atoms with van der Waals surface area (Å²) in [5.41, 5.74) is 1.26. The Morgan fingerprint density at radius 3 is 2.73 bits per heavy atom. The van der Waals surface area contributed by atoms with Crippen molar-refractivity contribution in [1.82, 2.24) is 10.3 Å². The topological polar surface area (TPSA) is 72.2 Å². The van der Waals surface area contributed by atoms with Crippen LogP contribution in [0.5, 0.6) is 0 Å². The number of carbonyl (C=O) groups is 2. The Balaban J connectivity index is 1.66. The molecule has 1 fully saturated rings. The summed E-state index contributed by atoms with van der Waals surface area (Å²) in [7, 11) is 0. The summed E-state index contributed by atoms with van der Waals surface area (Å²) < 4.78 is 5.07. The van der Waals surface area contributed by atoms with Crippen molar-refractivity contribution in [2.24, 2.45) is 0 Å². The minimum absolute atomic E-state index is 0.0219. The number of nitrogens with zero attached hydrogens (tertiary/aromatic N) is 1. The fourth-order valence-electron chi connectivity index (χ4n) is 2.31. The second-order valence-electron chi connectivity index (χ2n) is 5.72. The largest absolute Gasteiger partial charge is 0.448 e. The Labute approximate surface area is 132 Å². The van der Waals surface area contributed by atoms with Crippen LogP contribution in [0.25, 0.3) is 0 Å². The van der Waals surface area contributed by atoms with Crippen LogP contribution >= 0.6 is 11.8 Å². The van der Waals surface area contributed by atoms with Crippen molar-refractivity contribution >= 4 is 22.8 Å². The molecule has 0 saturated carbocycles. The van der Waals surface area contributed by atoms with Crippen LogP contribution in [0.2, 0.25) is 0 Å². The number of aromatic nitrogens is 1. The predicted molar refractivity (Wildman–Crippen MR) is 83.7 cm³/mol. The highest BCUT2D eigenvalue weighted by Crippen LogP contribution is 2.41. The molecule has 6 heteroatoms. The van der Waals surface area contributed by atoms with Crippen LogP contribution in [0.3, 0.4) is 0 Å². The average Bonchev–Trinajstić information content (AvgIpc) is 2.94. The van der Waals surface area contributed by atoms with Crippen molar-refractivity contribution in [2.45, 2.75) is 31.1 Å². The average molecular weight is 316 g/mol. The molecule has 1 amide bonds. The van der Waals surface area contributed by atoms with E-state index in [0.29, 0.717) is 12.3 Å². The standard InChI is InChI=1S/C16H16N2O3S/c1-16(2)13(15(20)22-16)18-14(19)11-9-21-12(17-11)8-10-6-4-3-5-7-10/h3-7,9,13H,8H2,1-2H3,(H,18,19). The second kappa shape index (κ2) is 5.61. The van der Waals surface area contributed by atoms with Crippen LogP contribution in [-0.4, -0.2) is 26.8 Å². The van der Waals surface area contributed by atoms with E-state index in [9.17, 15) is 9.59 Å². The van der Waals surface area contributed by atoms with Gasteiger partial charge in [0, 0.05) is 11.2 Å². The molecule has 0 bridgehead atoms. The van der Waals surface area contributed by atoms with Gasteiger partial charge in [0.25, 0.3) is 5.91 Å². The molecule has 0 aliphatic carbocycles. The van der Waals surface area contributed by atoms with E-state index in [1.54, 1.807) is 0 Å². The summed E-state index contributed by atoms with van der Waals surface area (Å²) in [6.45, 7) is 3.85. The van der Waals surface area contributed by atoms with E-state index < -0.39 is 6.04 Å². The molecule has 22 heavy (non-hydrogen) atoms. The SMILES string of the molecule is CC1(C)SC(=O)C1NC(=O)c1coc(Cc2ccccc2)n1. The maximum Gasteiger partial charge on any atom is 0.273 e. The first-order valence-corrected chi connectivity index (χ1v) is 7.79. The van der Waals surface area contributed by atoms with Gasteiger partial charge in [-0.15, -0.1) is 0 Å². The number of carbonyl (C=O) groups excluding carboxylic acids is 2. The van der Waals surface area contributed by atoms with E-state index in [-0.39, 0.29) is 21.5 Å². The monoisotopic (exact) mass is 316 g/mol. The lowest BCUT2D eigenvalue weighted by atomic mass is 10.0. The minimum Gasteiger partial charge on any atom is -0.448 e. The molecule has 3 rings (SSSR count). The Kier molecular flexibility index (Phi) is 3.78. The molecule has 0 radical (unpaired) electrons. The molecule has 2 heterocycles. The van der Waals surface area contributed by atoms with Gasteiger partial charge in [-0.05, 0) is 19.4 Å². The number of hydrogen-bond donors (Lipinski definition) is 1. The van der Waals surface area contributed by atoms with Gasteiger partial charge in [-0.25, -0.2) is 4.98 Å². The van der Waals surface area contributed by atoms with Gasteiger partial charge in [0.15, 0.2) is 11.6 Å². The summed E-state index contributed by atoms with van der Waals surface area (Å²) in [4.78, 5) is 27.9. The van der Waals surface area contributed by atoms with Gasteiger partial charge in [0.2, 0.25) is 5.12 Å². The number of amides is 1. The lowest BCUT2D eigenvalue weighted by Crippen LogP contribution is -2.59. The molecule has 5 nitrogen and oxygen atoms in total. The summed E-state index contributed by atoms with van der Waals surface area (Å²) in [6.07, 6.45) is 1.86. The first-order valence-electron chi connectivity index (χ1n) is 6.98. The van der Waals surface area contributed by atoms with Crippen molar-refractivity contribution in [2.75, 3.05) is 0 Å². The molecule has 1 N–H and O–H groups in total. The molecule has 114 valence electrons. The fraction of sp³-hybridized carbons (Fsp3) is 0.312. The number of thioether (sulfide) groups is 1. The van der Waals surface area contributed by atoms with E-state index in [2.05, 4.69) is 10.3 Å². The van der Waals surface area contributed by atoms with Crippen molar-refractivity contribution < 1.29 is 14.0 Å². The minimum atomic E-state index is -0.473. The molecule has 1 aromatic heterocycles. The van der Waals surface area contributed by atoms with Crippen LogP contribution in [0, 0.1) is 0 Å². The van der Waals surface area contributed by atoms with Gasteiger partial charge < -0.3 is 9.73 Å². The fourth-order valence-corrected chi connectivity index (χ4v) is 3.40. The van der Waals surface area contributed by atoms with E-state index in [0.717, 1.165) is 5.56 Å². The predicted octanol–water partition coefficient (Wildman–Crippen LogP) is 2.42. The maximum atomic E-state index is 12.2. The molecule has 1 aliphatic rings. The number of benzene rings is 1. The zero-order valence-electron chi connectivity index (χ0n) is 12.3. The first-order chi connectivity index (χ1) is 10.5. The first kappa shape index (κ1) is 14.8. The van der Waals surface area contributed by atoms with Crippen LogP contribution in [0.1, 0.15) is 35.8 Å². The van der Waals surface area contributed by atoms with E-state index >= 15 is 0 Å². The normalized spacial score (nSPS) is 19.5. The summed E-state index contributed by atoms with van der Waals surface area (Å²) in [5, 5.41) is 2.70. The molecule has 2 aromatic rings. The maximum absolute atomic E-state index is 12.2. The van der Waals surface area contributed by atoms with Crippen LogP contribution in [0.4, 0.5) is 0 Å². The van der Waals surface area contributed by atoms with Crippen LogP contribution in [0.15, 0.2) is 41.0 Å². The molecular formula is C16H16N2O3S. The Morgan fingerprint density at radius 1 is 1.36 bits per heavy atom. The van der Waals surface area contributed by atoms with Crippen LogP contribution < -0.4 is 5.32 Å². The van der Waals surface area contributed by atoms with E-state index in [4.69, 9.17) is 4.42 Å². The van der Waals surface area contributed by atoms with Crippen molar-refractivity contribution in [3.63, 3.8) is 0 Å². The molecule has 1 atom stereocenters. The molecule has 1 unspecified atom stereocenters. The number of nitrogens with one attached hydrogen (secondary N) is 1. The molecule has 1 aliphatic heterocycles. The zero-order chi connectivity index (χ0) is 15.7. The quantitative estimate of drug-likeness (QED) is 0.938. The third-order valence-electron chi connectivity index (χ3n) is 3.55. The molecule has 0 spiro atoms. The molecular weight excluding hydrogens is 300 g/mol. The Bertz CT molecular complexity index is 709. The summed E-state index contributed by atoms with van der Waals surface area (Å²) in [6, 6.07) is 9.28. The van der Waals surface area contributed by atoms with Gasteiger partial charge in [0.05, 0.1) is 0 Å². The van der Waals surface area contributed by atoms with Gasteiger partial charge >= 0.3 is 0 Å². The second-order valence-corrected chi connectivity index (χ2v) is 7.38. The van der Waals surface area contributed by atoms with Gasteiger partial charge in [-0.1, -0.05) is 42.1 Å². The van der Waals surface area contributed by atoms with Gasteiger partial charge in [0.1, 0.15) is 12.3 Å². The van der Waals surface area contributed by atoms with Gasteiger partial charge in [-0.2, -0.15) is 0 Å². The van der Waals surface area contributed by atoms with Gasteiger partial charge in [-0.3, -0.25) is 9.59 Å². The van der Waals surface area contributed by atoms with Crippen molar-refractivity contribution in [1.29, 1.82) is 0 Å². The Hall–Kier alpha value is -2.08. The highest BCUT2D eigenvalue weighted by Gasteiger charge is 2.49. The highest BCUT2D eigenvalue weighted by atomic mass is 32.2. The molecule has 1 aromatic carbocycles. The number of oxazole rings is 1. The third kappa shape index (κ3) is 2.92. The van der Waals surface area contributed by atoms with E-state index in [1.807, 2.05) is 44.2 Å². The van der Waals surface area contributed by atoms with Crippen LogP contribution in [-0.2, 0) is 11.2 Å². The third-order valence-corrected chi connectivity index (χ3v) is 4.75. The lowest BCUT2D eigenvalue weighted by molar-refractivity contribution is -0.115. The molecule has 1 saturated heterocycles. The number of hydrogen-bond acceptors (Lipinski definition) is 5. The summed E-state index contributed by atoms with van der Waals surface area (Å²) >= 11 is 1.24. The van der Waals surface area contributed by atoms with Crippen molar-refractivity contribution in [3.8, 4) is 0 Å². The Morgan fingerprint density at radius 2 is 2.09 bits per heavy atom.